The van der Waals surface area contributed by atoms with Gasteiger partial charge in [-0.1, -0.05) is 47.5 Å². The first-order valence-corrected chi connectivity index (χ1v) is 7.32. The molecule has 0 aromatic carbocycles. The molecule has 4 atom stereocenters. The van der Waals surface area contributed by atoms with Gasteiger partial charge < -0.3 is 9.47 Å². The van der Waals surface area contributed by atoms with Crippen molar-refractivity contribution in [3.8, 4) is 0 Å². The fourth-order valence-corrected chi connectivity index (χ4v) is 5.81. The Morgan fingerprint density at radius 1 is 0.895 bits per heavy atom. The van der Waals surface area contributed by atoms with Gasteiger partial charge in [0.05, 0.1) is 10.1 Å². The first-order valence-electron chi connectivity index (χ1n) is 5.81. The van der Waals surface area contributed by atoms with Crippen molar-refractivity contribution in [2.45, 2.75) is 15.5 Å². The van der Waals surface area contributed by atoms with E-state index >= 15 is 0 Å². The molecule has 0 radical (unpaired) electrons. The van der Waals surface area contributed by atoms with Crippen LogP contribution in [-0.2, 0) is 9.47 Å². The average Bonchev–Trinajstić information content (AvgIpc) is 2.69. The van der Waals surface area contributed by atoms with Crippen molar-refractivity contribution in [1.29, 1.82) is 0 Å². The second-order valence-corrected chi connectivity index (χ2v) is 6.85. The molecule has 1 unspecified atom stereocenters. The van der Waals surface area contributed by atoms with Gasteiger partial charge in [-0.2, -0.15) is 0 Å². The molecular weight excluding hydrogens is 330 g/mol. The van der Waals surface area contributed by atoms with Crippen LogP contribution in [0.1, 0.15) is 0 Å². The summed E-state index contributed by atoms with van der Waals surface area (Å²) in [7, 11) is 3.00. The molecule has 0 aliphatic heterocycles. The number of fused-ring (bicyclic) bond motifs is 5. The van der Waals surface area contributed by atoms with Crippen molar-refractivity contribution in [3.05, 3.63) is 34.4 Å². The van der Waals surface area contributed by atoms with Gasteiger partial charge in [-0.3, -0.25) is 0 Å². The fraction of sp³-hybridized carbons (Fsp3) is 0.538. The third-order valence-electron chi connectivity index (χ3n) is 4.42. The van der Waals surface area contributed by atoms with E-state index in [1.807, 2.05) is 24.3 Å². The number of hydrogen-bond donors (Lipinski definition) is 0. The van der Waals surface area contributed by atoms with Crippen molar-refractivity contribution in [3.63, 3.8) is 0 Å². The Kier molecular flexibility index (Phi) is 3.12. The molecule has 1 saturated carbocycles. The van der Waals surface area contributed by atoms with E-state index in [1.165, 1.54) is 14.2 Å². The number of allylic oxidation sites excluding steroid dienone is 4. The number of halogens is 4. The largest absolute Gasteiger partial charge is 0.350 e. The second-order valence-electron chi connectivity index (χ2n) is 4.90. The molecule has 0 heterocycles. The molecule has 3 aliphatic rings. The van der Waals surface area contributed by atoms with Crippen molar-refractivity contribution in [2.75, 3.05) is 14.2 Å². The maximum atomic E-state index is 6.83. The highest BCUT2D eigenvalue weighted by atomic mass is 35.5. The maximum absolute atomic E-state index is 6.83. The highest BCUT2D eigenvalue weighted by Gasteiger charge is 2.83. The minimum Gasteiger partial charge on any atom is -0.350 e. The monoisotopic (exact) mass is 340 g/mol. The van der Waals surface area contributed by atoms with Crippen LogP contribution >= 0.6 is 46.4 Å². The van der Waals surface area contributed by atoms with Gasteiger partial charge in [-0.15, -0.1) is 23.2 Å². The lowest BCUT2D eigenvalue weighted by atomic mass is 9.79. The molecular formula is C13H12Cl4O2. The van der Waals surface area contributed by atoms with E-state index in [9.17, 15) is 0 Å². The summed E-state index contributed by atoms with van der Waals surface area (Å²) in [6, 6.07) is 0. The summed E-state index contributed by atoms with van der Waals surface area (Å²) in [6.07, 6.45) is 7.78. The topological polar surface area (TPSA) is 18.5 Å². The third-order valence-corrected chi connectivity index (χ3v) is 7.06. The van der Waals surface area contributed by atoms with E-state index in [-0.39, 0.29) is 11.8 Å². The molecule has 2 bridgehead atoms. The van der Waals surface area contributed by atoms with E-state index in [2.05, 4.69) is 0 Å². The van der Waals surface area contributed by atoms with Crippen LogP contribution in [0.2, 0.25) is 0 Å². The SMILES string of the molecule is COC1(OC)C2(Cl)C(Cl)=C(Cl)[C@@]1(Cl)[C@H]1C=CC=C[C@H]12. The smallest absolute Gasteiger partial charge is 0.218 e. The van der Waals surface area contributed by atoms with E-state index < -0.39 is 15.5 Å². The zero-order chi connectivity index (χ0) is 14.1. The van der Waals surface area contributed by atoms with E-state index in [4.69, 9.17) is 55.9 Å². The number of alkyl halides is 2. The van der Waals surface area contributed by atoms with Crippen LogP contribution < -0.4 is 0 Å². The zero-order valence-electron chi connectivity index (χ0n) is 10.3. The molecule has 0 saturated heterocycles. The number of rotatable bonds is 2. The van der Waals surface area contributed by atoms with Crippen LogP contribution in [0.4, 0.5) is 0 Å². The van der Waals surface area contributed by atoms with Crippen LogP contribution in [0.5, 0.6) is 0 Å². The average molecular weight is 342 g/mol. The zero-order valence-corrected chi connectivity index (χ0v) is 13.3. The highest BCUT2D eigenvalue weighted by Crippen LogP contribution is 2.74. The minimum absolute atomic E-state index is 0.133. The van der Waals surface area contributed by atoms with Crippen LogP contribution in [-0.4, -0.2) is 29.8 Å². The normalized spacial score (nSPS) is 46.0. The van der Waals surface area contributed by atoms with Gasteiger partial charge in [0.2, 0.25) is 5.79 Å². The Morgan fingerprint density at radius 2 is 1.26 bits per heavy atom. The van der Waals surface area contributed by atoms with Crippen LogP contribution in [0.3, 0.4) is 0 Å². The first-order chi connectivity index (χ1) is 8.91. The number of hydrogen-bond acceptors (Lipinski definition) is 2. The lowest BCUT2D eigenvalue weighted by Crippen LogP contribution is -2.57. The summed E-state index contributed by atoms with van der Waals surface area (Å²) in [5.74, 6) is -1.57. The summed E-state index contributed by atoms with van der Waals surface area (Å²) < 4.78 is 11.2. The first kappa shape index (κ1) is 14.2. The van der Waals surface area contributed by atoms with Crippen LogP contribution in [0, 0.1) is 11.8 Å². The van der Waals surface area contributed by atoms with E-state index in [1.54, 1.807) is 0 Å². The molecule has 19 heavy (non-hydrogen) atoms. The van der Waals surface area contributed by atoms with Crippen molar-refractivity contribution in [1.82, 2.24) is 0 Å². The van der Waals surface area contributed by atoms with Crippen molar-refractivity contribution >= 4 is 46.4 Å². The standard InChI is InChI=1S/C13H12Cl4O2/c1-18-13(19-2)11(16)7-5-3-4-6-8(7)12(13,17)10(15)9(11)14/h3-8H,1-2H3/t7-,8+,11-,12?/m0/s1. The van der Waals surface area contributed by atoms with Gasteiger partial charge in [-0.25, -0.2) is 0 Å². The Balaban J connectivity index is 2.34. The molecule has 0 spiro atoms. The second kappa shape index (κ2) is 4.16. The lowest BCUT2D eigenvalue weighted by Gasteiger charge is -2.41. The third kappa shape index (κ3) is 1.21. The van der Waals surface area contributed by atoms with Gasteiger partial charge in [0.25, 0.3) is 0 Å². The molecule has 0 aromatic heterocycles. The Hall–Kier alpha value is 0.300. The van der Waals surface area contributed by atoms with Crippen molar-refractivity contribution < 1.29 is 9.47 Å². The molecule has 0 aromatic rings. The molecule has 2 nitrogen and oxygen atoms in total. The molecule has 0 N–H and O–H groups in total. The van der Waals surface area contributed by atoms with Crippen LogP contribution in [0.15, 0.2) is 34.4 Å². The molecule has 3 aliphatic carbocycles. The van der Waals surface area contributed by atoms with E-state index in [0.717, 1.165) is 0 Å². The lowest BCUT2D eigenvalue weighted by molar-refractivity contribution is -0.219. The van der Waals surface area contributed by atoms with Crippen LogP contribution in [0.25, 0.3) is 0 Å². The Bertz CT molecular complexity index is 481. The Morgan fingerprint density at radius 3 is 1.58 bits per heavy atom. The highest BCUT2D eigenvalue weighted by molar-refractivity contribution is 6.52. The summed E-state index contributed by atoms with van der Waals surface area (Å²) in [5.41, 5.74) is 0. The predicted molar refractivity (Wildman–Crippen MR) is 77.9 cm³/mol. The molecule has 1 fully saturated rings. The van der Waals surface area contributed by atoms with Gasteiger partial charge >= 0.3 is 0 Å². The molecule has 3 rings (SSSR count). The van der Waals surface area contributed by atoms with Gasteiger partial charge in [-0.05, 0) is 0 Å². The van der Waals surface area contributed by atoms with Gasteiger partial charge in [0.15, 0.2) is 0 Å². The predicted octanol–water partition coefficient (Wildman–Crippen LogP) is 4.01. The molecule has 104 valence electrons. The summed E-state index contributed by atoms with van der Waals surface area (Å²) in [5, 5.41) is 0.603. The summed E-state index contributed by atoms with van der Waals surface area (Å²) in [6.45, 7) is 0. The van der Waals surface area contributed by atoms with E-state index in [0.29, 0.717) is 10.1 Å². The molecule has 0 amide bonds. The minimum atomic E-state index is -1.30. The van der Waals surface area contributed by atoms with Gasteiger partial charge in [0, 0.05) is 26.1 Å². The van der Waals surface area contributed by atoms with Gasteiger partial charge in [0.1, 0.15) is 9.75 Å². The summed E-state index contributed by atoms with van der Waals surface area (Å²) >= 11 is 26.4. The fourth-order valence-electron chi connectivity index (χ4n) is 3.65. The molecule has 6 heteroatoms. The number of methoxy groups -OCH3 is 2. The number of ether oxygens (including phenoxy) is 2. The summed E-state index contributed by atoms with van der Waals surface area (Å²) in [4.78, 5) is -2.24. The Labute approximate surface area is 131 Å². The quantitative estimate of drug-likeness (QED) is 0.558. The maximum Gasteiger partial charge on any atom is 0.218 e. The van der Waals surface area contributed by atoms with Crippen molar-refractivity contribution in [2.24, 2.45) is 11.8 Å².